The summed E-state index contributed by atoms with van der Waals surface area (Å²) in [4.78, 5) is 35.4. The van der Waals surface area contributed by atoms with Gasteiger partial charge in [-0.25, -0.2) is 4.98 Å². The van der Waals surface area contributed by atoms with Crippen LogP contribution in [0.3, 0.4) is 0 Å². The summed E-state index contributed by atoms with van der Waals surface area (Å²) in [6, 6.07) is 11.2. The summed E-state index contributed by atoms with van der Waals surface area (Å²) in [6.45, 7) is 2.40. The Morgan fingerprint density at radius 2 is 1.79 bits per heavy atom. The molecule has 0 aliphatic carbocycles. The predicted octanol–water partition coefficient (Wildman–Crippen LogP) is 2.03. The molecule has 3 heterocycles. The lowest BCUT2D eigenvalue weighted by Crippen LogP contribution is -2.32. The molecule has 7 nitrogen and oxygen atoms in total. The van der Waals surface area contributed by atoms with Crippen molar-refractivity contribution in [1.82, 2.24) is 24.8 Å². The average molecular weight is 377 g/mol. The second-order valence-electron chi connectivity index (χ2n) is 6.93. The summed E-state index contributed by atoms with van der Waals surface area (Å²) in [5.74, 6) is 0.796. The third kappa shape index (κ3) is 3.88. The van der Waals surface area contributed by atoms with Gasteiger partial charge in [0, 0.05) is 44.0 Å². The van der Waals surface area contributed by atoms with Crippen LogP contribution in [0.4, 0.5) is 0 Å². The van der Waals surface area contributed by atoms with Gasteiger partial charge in [-0.05, 0) is 37.1 Å². The van der Waals surface area contributed by atoms with Crippen molar-refractivity contribution in [3.63, 3.8) is 0 Å². The monoisotopic (exact) mass is 377 g/mol. The van der Waals surface area contributed by atoms with Gasteiger partial charge in [-0.2, -0.15) is 0 Å². The summed E-state index contributed by atoms with van der Waals surface area (Å²) in [5.41, 5.74) is 2.39. The largest absolute Gasteiger partial charge is 0.352 e. The van der Waals surface area contributed by atoms with E-state index in [1.165, 1.54) is 0 Å². The van der Waals surface area contributed by atoms with E-state index in [9.17, 15) is 9.59 Å². The number of fused-ring (bicyclic) bond motifs is 1. The van der Waals surface area contributed by atoms with Gasteiger partial charge in [-0.15, -0.1) is 0 Å². The van der Waals surface area contributed by atoms with Crippen LogP contribution in [-0.4, -0.2) is 50.9 Å². The second-order valence-corrected chi connectivity index (χ2v) is 6.93. The van der Waals surface area contributed by atoms with E-state index in [1.807, 2.05) is 33.7 Å². The molecule has 0 radical (unpaired) electrons. The fourth-order valence-electron chi connectivity index (χ4n) is 3.59. The minimum absolute atomic E-state index is 0.128. The Morgan fingerprint density at radius 1 is 1.04 bits per heavy atom. The Labute approximate surface area is 163 Å². The van der Waals surface area contributed by atoms with Gasteiger partial charge in [0.25, 0.3) is 5.91 Å². The number of benzene rings is 1. The van der Waals surface area contributed by atoms with Crippen LogP contribution in [0, 0.1) is 0 Å². The average Bonchev–Trinajstić information content (AvgIpc) is 3.38. The van der Waals surface area contributed by atoms with Crippen LogP contribution in [0.2, 0.25) is 0 Å². The summed E-state index contributed by atoms with van der Waals surface area (Å²) in [7, 11) is 0. The molecular weight excluding hydrogens is 354 g/mol. The lowest BCUT2D eigenvalue weighted by atomic mass is 10.2. The first-order valence-electron chi connectivity index (χ1n) is 9.62. The van der Waals surface area contributed by atoms with Crippen LogP contribution < -0.4 is 5.32 Å². The zero-order chi connectivity index (χ0) is 19.3. The first-order valence-corrected chi connectivity index (χ1v) is 9.62. The maximum Gasteiger partial charge on any atom is 0.251 e. The number of para-hydroxylation sites is 2. The van der Waals surface area contributed by atoms with Crippen molar-refractivity contribution >= 4 is 22.8 Å². The number of pyridine rings is 1. The highest BCUT2D eigenvalue weighted by atomic mass is 16.2. The molecule has 2 aromatic heterocycles. The van der Waals surface area contributed by atoms with Gasteiger partial charge >= 0.3 is 0 Å². The van der Waals surface area contributed by atoms with Gasteiger partial charge in [0.2, 0.25) is 5.91 Å². The number of nitrogens with zero attached hydrogens (tertiary/aromatic N) is 4. The highest BCUT2D eigenvalue weighted by molar-refractivity contribution is 5.93. The molecule has 1 N–H and O–H groups in total. The van der Waals surface area contributed by atoms with E-state index < -0.39 is 0 Å². The van der Waals surface area contributed by atoms with Crippen molar-refractivity contribution < 1.29 is 9.59 Å². The highest BCUT2D eigenvalue weighted by Crippen LogP contribution is 2.18. The number of hydrogen-bond acceptors (Lipinski definition) is 4. The summed E-state index contributed by atoms with van der Waals surface area (Å²) < 4.78 is 1.98. The number of carbonyl (C=O) groups excluding carboxylic acids is 2. The molecule has 0 unspecified atom stereocenters. The number of rotatable bonds is 6. The van der Waals surface area contributed by atoms with E-state index in [-0.39, 0.29) is 18.4 Å². The summed E-state index contributed by atoms with van der Waals surface area (Å²) in [5, 5.41) is 2.91. The lowest BCUT2D eigenvalue weighted by Gasteiger charge is -2.17. The minimum Gasteiger partial charge on any atom is -0.352 e. The quantitative estimate of drug-likeness (QED) is 0.713. The zero-order valence-corrected chi connectivity index (χ0v) is 15.7. The van der Waals surface area contributed by atoms with Crippen LogP contribution in [0.15, 0.2) is 48.8 Å². The maximum absolute atomic E-state index is 12.7. The minimum atomic E-state index is -0.141. The molecule has 0 atom stereocenters. The number of hydrogen-bond donors (Lipinski definition) is 1. The van der Waals surface area contributed by atoms with E-state index in [0.717, 1.165) is 42.8 Å². The van der Waals surface area contributed by atoms with Gasteiger partial charge in [-0.3, -0.25) is 14.6 Å². The molecule has 1 aliphatic heterocycles. The SMILES string of the molecule is O=C(NCCc1nc2ccccc2n1CC(=O)N1CCCC1)c1ccncc1. The first kappa shape index (κ1) is 18.2. The molecule has 1 aliphatic rings. The van der Waals surface area contributed by atoms with Gasteiger partial charge in [0.1, 0.15) is 12.4 Å². The van der Waals surface area contributed by atoms with Crippen LogP contribution >= 0.6 is 0 Å². The van der Waals surface area contributed by atoms with Gasteiger partial charge in [0.05, 0.1) is 11.0 Å². The number of imidazole rings is 1. The lowest BCUT2D eigenvalue weighted by molar-refractivity contribution is -0.130. The van der Waals surface area contributed by atoms with E-state index in [2.05, 4.69) is 10.3 Å². The van der Waals surface area contributed by atoms with Gasteiger partial charge in [-0.1, -0.05) is 12.1 Å². The summed E-state index contributed by atoms with van der Waals surface area (Å²) in [6.07, 6.45) is 5.89. The molecule has 1 fully saturated rings. The number of carbonyl (C=O) groups is 2. The van der Waals surface area contributed by atoms with Crippen LogP contribution in [0.5, 0.6) is 0 Å². The van der Waals surface area contributed by atoms with Gasteiger partial charge < -0.3 is 14.8 Å². The van der Waals surface area contributed by atoms with Crippen molar-refractivity contribution in [2.24, 2.45) is 0 Å². The third-order valence-electron chi connectivity index (χ3n) is 5.06. The van der Waals surface area contributed by atoms with Crippen molar-refractivity contribution in [2.75, 3.05) is 19.6 Å². The molecular formula is C21H23N5O2. The molecule has 0 saturated carbocycles. The van der Waals surface area contributed by atoms with Crippen molar-refractivity contribution in [1.29, 1.82) is 0 Å². The number of likely N-dealkylation sites (tertiary alicyclic amines) is 1. The van der Waals surface area contributed by atoms with Crippen LogP contribution in [0.1, 0.15) is 29.0 Å². The zero-order valence-electron chi connectivity index (χ0n) is 15.7. The molecule has 0 spiro atoms. The number of aromatic nitrogens is 3. The van der Waals surface area contributed by atoms with Crippen LogP contribution in [-0.2, 0) is 17.8 Å². The maximum atomic E-state index is 12.7. The number of nitrogens with one attached hydrogen (secondary N) is 1. The van der Waals surface area contributed by atoms with Crippen molar-refractivity contribution in [3.8, 4) is 0 Å². The Morgan fingerprint density at radius 3 is 2.57 bits per heavy atom. The third-order valence-corrected chi connectivity index (χ3v) is 5.06. The fraction of sp³-hybridized carbons (Fsp3) is 0.333. The Balaban J connectivity index is 1.48. The molecule has 1 saturated heterocycles. The highest BCUT2D eigenvalue weighted by Gasteiger charge is 2.20. The molecule has 1 aromatic carbocycles. The number of amides is 2. The topological polar surface area (TPSA) is 80.1 Å². The molecule has 3 aromatic rings. The normalized spacial score (nSPS) is 13.8. The second kappa shape index (κ2) is 8.21. The van der Waals surface area contributed by atoms with E-state index >= 15 is 0 Å². The Kier molecular flexibility index (Phi) is 5.32. The molecule has 2 amide bonds. The fourth-order valence-corrected chi connectivity index (χ4v) is 3.59. The predicted molar refractivity (Wildman–Crippen MR) is 106 cm³/mol. The molecule has 4 rings (SSSR count). The summed E-state index contributed by atoms with van der Waals surface area (Å²) >= 11 is 0. The molecule has 0 bridgehead atoms. The molecule has 28 heavy (non-hydrogen) atoms. The van der Waals surface area contributed by atoms with E-state index in [0.29, 0.717) is 18.5 Å². The Bertz CT molecular complexity index is 977. The van der Waals surface area contributed by atoms with E-state index in [4.69, 9.17) is 4.98 Å². The molecule has 144 valence electrons. The van der Waals surface area contributed by atoms with Crippen molar-refractivity contribution in [2.45, 2.75) is 25.8 Å². The molecule has 7 heteroatoms. The van der Waals surface area contributed by atoms with Crippen LogP contribution in [0.25, 0.3) is 11.0 Å². The van der Waals surface area contributed by atoms with Gasteiger partial charge in [0.15, 0.2) is 0 Å². The first-order chi connectivity index (χ1) is 13.7. The smallest absolute Gasteiger partial charge is 0.251 e. The standard InChI is InChI=1S/C21H23N5O2/c27-20(25-13-3-4-14-25)15-26-18-6-2-1-5-17(18)24-19(26)9-12-23-21(28)16-7-10-22-11-8-16/h1-2,5-8,10-11H,3-4,9,12-15H2,(H,23,28). The van der Waals surface area contributed by atoms with Crippen molar-refractivity contribution in [3.05, 3.63) is 60.2 Å². The Hall–Kier alpha value is -3.22. The van der Waals surface area contributed by atoms with E-state index in [1.54, 1.807) is 24.5 Å².